The van der Waals surface area contributed by atoms with Gasteiger partial charge < -0.3 is 19.3 Å². The molecule has 5 rings (SSSR count). The van der Waals surface area contributed by atoms with E-state index in [0.29, 0.717) is 16.8 Å². The van der Waals surface area contributed by atoms with Gasteiger partial charge in [0.05, 0.1) is 11.1 Å². The summed E-state index contributed by atoms with van der Waals surface area (Å²) < 4.78 is 19.4. The first kappa shape index (κ1) is 20.5. The lowest BCUT2D eigenvalue weighted by molar-refractivity contribution is -0.127. The number of hydrogen-bond donors (Lipinski definition) is 1. The molecule has 0 bridgehead atoms. The third kappa shape index (κ3) is 3.63. The van der Waals surface area contributed by atoms with Gasteiger partial charge in [0.2, 0.25) is 12.2 Å². The summed E-state index contributed by atoms with van der Waals surface area (Å²) in [5, 5.41) is 3.73. The highest BCUT2D eigenvalue weighted by Gasteiger charge is 2.31. The van der Waals surface area contributed by atoms with Crippen molar-refractivity contribution in [3.8, 4) is 11.4 Å². The minimum absolute atomic E-state index is 0.0142. The molecule has 4 heterocycles. The van der Waals surface area contributed by atoms with Crippen molar-refractivity contribution >= 4 is 28.5 Å². The maximum absolute atomic E-state index is 14.7. The Morgan fingerprint density at radius 1 is 1.00 bits per heavy atom. The second-order valence-corrected chi connectivity index (χ2v) is 7.43. The van der Waals surface area contributed by atoms with Crippen LogP contribution >= 0.6 is 0 Å². The fourth-order valence-electron chi connectivity index (χ4n) is 3.88. The fourth-order valence-corrected chi connectivity index (χ4v) is 3.88. The molecule has 1 aromatic carbocycles. The Labute approximate surface area is 186 Å². The van der Waals surface area contributed by atoms with Crippen LogP contribution in [0.1, 0.15) is 20.8 Å². The highest BCUT2D eigenvalue weighted by Crippen LogP contribution is 2.30. The summed E-state index contributed by atoms with van der Waals surface area (Å²) in [4.78, 5) is 52.2. The van der Waals surface area contributed by atoms with Crippen LogP contribution in [0, 0.1) is 5.82 Å². The molecule has 10 nitrogen and oxygen atoms in total. The highest BCUT2D eigenvalue weighted by atomic mass is 19.1. The van der Waals surface area contributed by atoms with E-state index in [9.17, 15) is 18.8 Å². The maximum atomic E-state index is 14.7. The van der Waals surface area contributed by atoms with Crippen molar-refractivity contribution < 1.29 is 23.3 Å². The van der Waals surface area contributed by atoms with Crippen molar-refractivity contribution in [1.29, 1.82) is 0 Å². The first-order valence-electron chi connectivity index (χ1n) is 10.1. The van der Waals surface area contributed by atoms with E-state index < -0.39 is 17.5 Å². The van der Waals surface area contributed by atoms with E-state index in [2.05, 4.69) is 20.1 Å². The molecular weight excluding hydrogens is 431 g/mol. The zero-order valence-electron chi connectivity index (χ0n) is 17.2. The molecule has 0 unspecified atom stereocenters. The summed E-state index contributed by atoms with van der Waals surface area (Å²) in [5.74, 6) is -2.26. The van der Waals surface area contributed by atoms with E-state index in [1.807, 2.05) is 0 Å². The summed E-state index contributed by atoms with van der Waals surface area (Å²) in [6, 6.07) is 7.72. The average Bonchev–Trinajstić information content (AvgIpc) is 3.55. The number of rotatable bonds is 4. The minimum Gasteiger partial charge on any atom is -0.360 e. The summed E-state index contributed by atoms with van der Waals surface area (Å²) in [6.45, 7) is 0.890. The Hall–Kier alpha value is -4.41. The van der Waals surface area contributed by atoms with Crippen LogP contribution in [0.25, 0.3) is 22.3 Å². The van der Waals surface area contributed by atoms with Crippen LogP contribution in [0.5, 0.6) is 0 Å². The molecule has 4 aromatic rings. The molecule has 33 heavy (non-hydrogen) atoms. The zero-order valence-corrected chi connectivity index (χ0v) is 17.2. The molecule has 3 aromatic heterocycles. The van der Waals surface area contributed by atoms with Crippen LogP contribution in [-0.4, -0.2) is 73.7 Å². The Balaban J connectivity index is 1.34. The number of nitrogens with zero attached hydrogens (tertiary/aromatic N) is 5. The molecule has 0 spiro atoms. The highest BCUT2D eigenvalue weighted by molar-refractivity contribution is 6.45. The van der Waals surface area contributed by atoms with Crippen molar-refractivity contribution in [1.82, 2.24) is 29.9 Å². The SMILES string of the molecule is O=C(C(=O)N1CCN(C(=O)c2ccccn2)CC1)c1c[nH]c2c(-c3ncon3)ccc(F)c12. The number of ketones is 1. The van der Waals surface area contributed by atoms with Crippen LogP contribution in [0.15, 0.2) is 53.6 Å². The van der Waals surface area contributed by atoms with E-state index in [1.165, 1.54) is 29.4 Å². The molecule has 11 heteroatoms. The van der Waals surface area contributed by atoms with Crippen molar-refractivity contribution in [3.63, 3.8) is 0 Å². The van der Waals surface area contributed by atoms with Gasteiger partial charge >= 0.3 is 0 Å². The smallest absolute Gasteiger partial charge is 0.295 e. The molecule has 0 saturated carbocycles. The van der Waals surface area contributed by atoms with Gasteiger partial charge in [0.25, 0.3) is 17.6 Å². The number of carbonyl (C=O) groups excluding carboxylic acids is 3. The number of aromatic amines is 1. The summed E-state index contributed by atoms with van der Waals surface area (Å²) in [7, 11) is 0. The molecule has 0 radical (unpaired) electrons. The number of hydrogen-bond acceptors (Lipinski definition) is 7. The quantitative estimate of drug-likeness (QED) is 0.373. The Morgan fingerprint density at radius 2 is 1.79 bits per heavy atom. The molecule has 0 atom stereocenters. The Kier molecular flexibility index (Phi) is 5.13. The normalized spacial score (nSPS) is 14.0. The van der Waals surface area contributed by atoms with Crippen LogP contribution in [0.2, 0.25) is 0 Å². The van der Waals surface area contributed by atoms with E-state index in [-0.39, 0.29) is 48.9 Å². The van der Waals surface area contributed by atoms with Gasteiger partial charge in [-0.3, -0.25) is 19.4 Å². The number of benzene rings is 1. The number of piperazine rings is 1. The van der Waals surface area contributed by atoms with E-state index in [4.69, 9.17) is 4.52 Å². The first-order chi connectivity index (χ1) is 16.0. The molecule has 1 fully saturated rings. The van der Waals surface area contributed by atoms with Crippen molar-refractivity contribution in [2.75, 3.05) is 26.2 Å². The fraction of sp³-hybridized carbons (Fsp3) is 0.182. The van der Waals surface area contributed by atoms with Crippen molar-refractivity contribution in [2.45, 2.75) is 0 Å². The number of nitrogens with one attached hydrogen (secondary N) is 1. The summed E-state index contributed by atoms with van der Waals surface area (Å²) >= 11 is 0. The van der Waals surface area contributed by atoms with Gasteiger partial charge in [0.1, 0.15) is 11.5 Å². The van der Waals surface area contributed by atoms with Gasteiger partial charge in [-0.15, -0.1) is 0 Å². The Morgan fingerprint density at radius 3 is 2.48 bits per heavy atom. The average molecular weight is 448 g/mol. The van der Waals surface area contributed by atoms with E-state index >= 15 is 0 Å². The number of amides is 2. The topological polar surface area (TPSA) is 125 Å². The number of halogens is 1. The Bertz CT molecular complexity index is 1340. The van der Waals surface area contributed by atoms with Crippen LogP contribution in [0.4, 0.5) is 4.39 Å². The number of pyridine rings is 1. The van der Waals surface area contributed by atoms with Crippen LogP contribution in [-0.2, 0) is 4.79 Å². The third-order valence-electron chi connectivity index (χ3n) is 5.56. The summed E-state index contributed by atoms with van der Waals surface area (Å²) in [5.41, 5.74) is 0.969. The van der Waals surface area contributed by atoms with Gasteiger partial charge in [-0.25, -0.2) is 4.39 Å². The second-order valence-electron chi connectivity index (χ2n) is 7.43. The third-order valence-corrected chi connectivity index (χ3v) is 5.56. The second kappa shape index (κ2) is 8.26. The zero-order chi connectivity index (χ0) is 22.9. The molecule has 1 aliphatic rings. The molecule has 1 aliphatic heterocycles. The molecule has 0 aliphatic carbocycles. The summed E-state index contributed by atoms with van der Waals surface area (Å²) in [6.07, 6.45) is 3.98. The predicted molar refractivity (Wildman–Crippen MR) is 113 cm³/mol. The van der Waals surface area contributed by atoms with Gasteiger partial charge in [-0.05, 0) is 24.3 Å². The minimum atomic E-state index is -0.838. The first-order valence-corrected chi connectivity index (χ1v) is 10.1. The van der Waals surface area contributed by atoms with Crippen molar-refractivity contribution in [3.05, 3.63) is 66.2 Å². The lowest BCUT2D eigenvalue weighted by atomic mass is 10.0. The molecule has 2 amide bonds. The number of aromatic nitrogens is 4. The van der Waals surface area contributed by atoms with Crippen molar-refractivity contribution in [2.24, 2.45) is 0 Å². The number of carbonyl (C=O) groups is 3. The lowest BCUT2D eigenvalue weighted by Crippen LogP contribution is -2.52. The van der Waals surface area contributed by atoms with E-state index in [0.717, 1.165) is 6.39 Å². The largest absolute Gasteiger partial charge is 0.360 e. The van der Waals surface area contributed by atoms with Gasteiger partial charge in [-0.1, -0.05) is 11.2 Å². The number of fused-ring (bicyclic) bond motifs is 1. The standard InChI is InChI=1S/C22H17FN6O4/c23-15-5-4-13(20-26-12-33-27-20)18-17(15)14(11-25-18)19(30)22(32)29-9-7-28(8-10-29)21(31)16-3-1-2-6-24-16/h1-6,11-12,25H,7-10H2. The predicted octanol–water partition coefficient (Wildman–Crippen LogP) is 1.92. The van der Waals surface area contributed by atoms with Gasteiger partial charge in [-0.2, -0.15) is 4.98 Å². The van der Waals surface area contributed by atoms with Gasteiger partial charge in [0, 0.05) is 49.5 Å². The van der Waals surface area contributed by atoms with E-state index in [1.54, 1.807) is 23.1 Å². The monoisotopic (exact) mass is 448 g/mol. The lowest BCUT2D eigenvalue weighted by Gasteiger charge is -2.34. The molecule has 1 saturated heterocycles. The van der Waals surface area contributed by atoms with Crippen LogP contribution < -0.4 is 0 Å². The maximum Gasteiger partial charge on any atom is 0.295 e. The molecular formula is C22H17FN6O4. The van der Waals surface area contributed by atoms with Crippen LogP contribution in [0.3, 0.4) is 0 Å². The molecule has 166 valence electrons. The number of H-pyrrole nitrogens is 1. The number of Topliss-reactive ketones (excluding diaryl/α,β-unsaturated/α-hetero) is 1. The van der Waals surface area contributed by atoms with Gasteiger partial charge in [0.15, 0.2) is 0 Å². The molecule has 1 N–H and O–H groups in total.